The maximum atomic E-state index is 13.7. The minimum atomic E-state index is -0.735. The molecule has 3 aromatic rings. The van der Waals surface area contributed by atoms with E-state index in [-0.39, 0.29) is 29.0 Å². The van der Waals surface area contributed by atoms with Gasteiger partial charge in [-0.3, -0.25) is 9.00 Å². The van der Waals surface area contributed by atoms with E-state index in [1.165, 1.54) is 12.1 Å². The lowest BCUT2D eigenvalue weighted by atomic mass is 9.65. The lowest BCUT2D eigenvalue weighted by molar-refractivity contribution is -0.128. The Balaban J connectivity index is 1.38. The number of amides is 1. The molecule has 214 valence electrons. The Morgan fingerprint density at radius 3 is 2.34 bits per heavy atom. The van der Waals surface area contributed by atoms with Crippen LogP contribution in [0.2, 0.25) is 0 Å². The number of nitrogens with zero attached hydrogens (tertiary/aromatic N) is 4. The number of rotatable bonds is 6. The number of nitriles is 1. The Hall–Kier alpha value is -3.51. The second-order valence-corrected chi connectivity index (χ2v) is 14.2. The molecule has 2 aliphatic carbocycles. The molecule has 3 aliphatic rings. The molecule has 9 heteroatoms. The lowest BCUT2D eigenvalue weighted by Crippen LogP contribution is -2.45. The molecular formula is C32H36FN5O2S. The first-order valence-electron chi connectivity index (χ1n) is 14.4. The molecule has 2 atom stereocenters. The molecular weight excluding hydrogens is 537 g/mol. The Morgan fingerprint density at radius 1 is 1.05 bits per heavy atom. The molecule has 2 saturated carbocycles. The van der Waals surface area contributed by atoms with Crippen molar-refractivity contribution in [3.63, 3.8) is 0 Å². The van der Waals surface area contributed by atoms with E-state index in [0.717, 1.165) is 54.1 Å². The number of benzene rings is 2. The van der Waals surface area contributed by atoms with E-state index < -0.39 is 16.3 Å². The van der Waals surface area contributed by atoms with Crippen molar-refractivity contribution in [1.29, 1.82) is 5.26 Å². The number of nitrogens with one attached hydrogen (secondary N) is 1. The first-order chi connectivity index (χ1) is 19.7. The Labute approximate surface area is 243 Å². The number of hydrogen-bond donors (Lipinski definition) is 1. The quantitative estimate of drug-likeness (QED) is 0.431. The van der Waals surface area contributed by atoms with Gasteiger partial charge in [0.15, 0.2) is 0 Å². The maximum absolute atomic E-state index is 13.7. The maximum Gasteiger partial charge on any atom is 0.225 e. The van der Waals surface area contributed by atoms with Gasteiger partial charge in [-0.05, 0) is 79.5 Å². The van der Waals surface area contributed by atoms with Gasteiger partial charge >= 0.3 is 0 Å². The summed E-state index contributed by atoms with van der Waals surface area (Å²) in [6.45, 7) is 5.96. The van der Waals surface area contributed by atoms with E-state index in [9.17, 15) is 18.7 Å². The van der Waals surface area contributed by atoms with Crippen molar-refractivity contribution < 1.29 is 13.4 Å². The molecule has 3 fully saturated rings. The molecule has 0 spiro atoms. The van der Waals surface area contributed by atoms with Crippen molar-refractivity contribution >= 4 is 22.4 Å². The average Bonchev–Trinajstić information content (AvgIpc) is 3.61. The van der Waals surface area contributed by atoms with Crippen LogP contribution in [0.25, 0.3) is 16.8 Å². The van der Waals surface area contributed by atoms with E-state index in [4.69, 9.17) is 5.10 Å². The van der Waals surface area contributed by atoms with Crippen LogP contribution in [-0.4, -0.2) is 50.0 Å². The van der Waals surface area contributed by atoms with Gasteiger partial charge in [0.25, 0.3) is 0 Å². The Kier molecular flexibility index (Phi) is 7.23. The van der Waals surface area contributed by atoms with Crippen LogP contribution in [0.1, 0.15) is 57.6 Å². The third-order valence-corrected chi connectivity index (χ3v) is 10.2. The smallest absolute Gasteiger partial charge is 0.225 e. The van der Waals surface area contributed by atoms with Crippen LogP contribution in [-0.2, 0) is 15.6 Å². The number of halogens is 1. The molecule has 1 N–H and O–H groups in total. The molecule has 1 amide bonds. The van der Waals surface area contributed by atoms with Gasteiger partial charge in [0.2, 0.25) is 5.91 Å². The average molecular weight is 574 g/mol. The first-order valence-corrected chi connectivity index (χ1v) is 15.9. The van der Waals surface area contributed by atoms with Gasteiger partial charge in [0, 0.05) is 64.7 Å². The predicted octanol–water partition coefficient (Wildman–Crippen LogP) is 5.33. The first kappa shape index (κ1) is 27.6. The van der Waals surface area contributed by atoms with E-state index >= 15 is 0 Å². The minimum Gasteiger partial charge on any atom is -0.370 e. The van der Waals surface area contributed by atoms with Gasteiger partial charge < -0.3 is 10.2 Å². The SMILES string of the molecule is CC1(C)CCC(c2nn(-c3ccc(F)cc3)cc2-c2ccc(N3CCS(=O)CC3)cc2)C(C(=O)NC2(C#N)CC2)C1. The van der Waals surface area contributed by atoms with Crippen LogP contribution in [0, 0.1) is 28.5 Å². The number of aromatic nitrogens is 2. The molecule has 2 heterocycles. The van der Waals surface area contributed by atoms with Gasteiger partial charge in [0.1, 0.15) is 11.4 Å². The molecule has 2 unspecified atom stereocenters. The number of hydrogen-bond acceptors (Lipinski definition) is 5. The normalized spacial score (nSPS) is 23.5. The number of anilines is 1. The highest BCUT2D eigenvalue weighted by Crippen LogP contribution is 2.49. The predicted molar refractivity (Wildman–Crippen MR) is 159 cm³/mol. The van der Waals surface area contributed by atoms with Crippen molar-refractivity contribution in [1.82, 2.24) is 15.1 Å². The van der Waals surface area contributed by atoms with Gasteiger partial charge in [-0.1, -0.05) is 26.0 Å². The van der Waals surface area contributed by atoms with Gasteiger partial charge in [0.05, 0.1) is 17.5 Å². The largest absolute Gasteiger partial charge is 0.370 e. The highest BCUT2D eigenvalue weighted by Gasteiger charge is 2.48. The third kappa shape index (κ3) is 5.80. The summed E-state index contributed by atoms with van der Waals surface area (Å²) in [5.41, 5.74) is 3.92. The number of carbonyl (C=O) groups is 1. The van der Waals surface area contributed by atoms with Crippen LogP contribution in [0.15, 0.2) is 54.7 Å². The summed E-state index contributed by atoms with van der Waals surface area (Å²) < 4.78 is 27.3. The zero-order valence-electron chi connectivity index (χ0n) is 23.6. The van der Waals surface area contributed by atoms with Crippen molar-refractivity contribution in [3.05, 3.63) is 66.2 Å². The summed E-state index contributed by atoms with van der Waals surface area (Å²) in [7, 11) is -0.735. The van der Waals surface area contributed by atoms with Gasteiger partial charge in [-0.15, -0.1) is 0 Å². The van der Waals surface area contributed by atoms with E-state index in [1.54, 1.807) is 16.8 Å². The molecule has 1 aromatic heterocycles. The van der Waals surface area contributed by atoms with Gasteiger partial charge in [-0.2, -0.15) is 10.4 Å². The number of carbonyl (C=O) groups excluding carboxylic acids is 1. The summed E-state index contributed by atoms with van der Waals surface area (Å²) in [6.07, 6.45) is 5.85. The summed E-state index contributed by atoms with van der Waals surface area (Å²) in [5.74, 6) is 0.563. The van der Waals surface area contributed by atoms with Crippen molar-refractivity contribution in [2.24, 2.45) is 11.3 Å². The second-order valence-electron chi connectivity index (χ2n) is 12.5. The molecule has 0 radical (unpaired) electrons. The molecule has 2 aromatic carbocycles. The molecule has 7 nitrogen and oxygen atoms in total. The topological polar surface area (TPSA) is 91.0 Å². The molecule has 1 saturated heterocycles. The van der Waals surface area contributed by atoms with Crippen LogP contribution < -0.4 is 10.2 Å². The summed E-state index contributed by atoms with van der Waals surface area (Å²) in [6, 6.07) is 16.9. The van der Waals surface area contributed by atoms with Crippen molar-refractivity contribution in [2.75, 3.05) is 29.5 Å². The summed E-state index contributed by atoms with van der Waals surface area (Å²) >= 11 is 0. The fourth-order valence-electron chi connectivity index (χ4n) is 6.27. The van der Waals surface area contributed by atoms with E-state index in [0.29, 0.717) is 30.8 Å². The van der Waals surface area contributed by atoms with Gasteiger partial charge in [-0.25, -0.2) is 9.07 Å². The zero-order valence-corrected chi connectivity index (χ0v) is 24.4. The molecule has 41 heavy (non-hydrogen) atoms. The second kappa shape index (κ2) is 10.7. The fourth-order valence-corrected chi connectivity index (χ4v) is 7.32. The summed E-state index contributed by atoms with van der Waals surface area (Å²) in [4.78, 5) is 16.0. The third-order valence-electron chi connectivity index (χ3n) is 8.96. The Morgan fingerprint density at radius 2 is 1.71 bits per heavy atom. The Bertz CT molecular complexity index is 1490. The van der Waals surface area contributed by atoms with Crippen molar-refractivity contribution in [3.8, 4) is 22.9 Å². The van der Waals surface area contributed by atoms with E-state index in [1.807, 2.05) is 6.20 Å². The zero-order chi connectivity index (χ0) is 28.8. The van der Waals surface area contributed by atoms with Crippen LogP contribution in [0.4, 0.5) is 10.1 Å². The van der Waals surface area contributed by atoms with Crippen LogP contribution in [0.5, 0.6) is 0 Å². The molecule has 1 aliphatic heterocycles. The minimum absolute atomic E-state index is 0.00130. The van der Waals surface area contributed by atoms with Crippen LogP contribution in [0.3, 0.4) is 0 Å². The highest BCUT2D eigenvalue weighted by atomic mass is 32.2. The van der Waals surface area contributed by atoms with E-state index in [2.05, 4.69) is 54.4 Å². The molecule has 0 bridgehead atoms. The molecule has 6 rings (SSSR count). The van der Waals surface area contributed by atoms with Crippen LogP contribution >= 0.6 is 0 Å². The van der Waals surface area contributed by atoms with Crippen molar-refractivity contribution in [2.45, 2.75) is 57.4 Å². The standard InChI is InChI=1S/C32H36FN5O2S/c1-31(2)12-11-26(27(19-31)30(39)35-32(21-34)13-14-32)29-28(20-38(36-29)25-9-5-23(33)6-10-25)22-3-7-24(8-4-22)37-15-17-41(40)18-16-37/h3-10,20,26-27H,11-19H2,1-2H3,(H,35,39). The monoisotopic (exact) mass is 573 g/mol. The fraction of sp³-hybridized carbons (Fsp3) is 0.469. The highest BCUT2D eigenvalue weighted by molar-refractivity contribution is 7.85. The summed E-state index contributed by atoms with van der Waals surface area (Å²) in [5, 5.41) is 17.8. The lowest BCUT2D eigenvalue weighted by Gasteiger charge is -2.40.